The largest absolute Gasteiger partial charge is 0.378 e. The second-order valence-electron chi connectivity index (χ2n) is 4.50. The first kappa shape index (κ1) is 11.0. The Hall–Kier alpha value is -1.51. The predicted molar refractivity (Wildman–Crippen MR) is 69.1 cm³/mol. The standard InChI is InChI=1S/C13H19N3/c1-4-11-6-8-16(10-11)13-9-12(15(2)3)5-7-14-13/h4-5,7,9,11H,1,6,8,10H2,2-3H3/t11-/m0/s1. The third-order valence-corrected chi connectivity index (χ3v) is 3.13. The van der Waals surface area contributed by atoms with Crippen molar-refractivity contribution in [2.75, 3.05) is 37.0 Å². The number of anilines is 2. The van der Waals surface area contributed by atoms with Crippen molar-refractivity contribution >= 4 is 11.5 Å². The maximum atomic E-state index is 4.44. The van der Waals surface area contributed by atoms with E-state index in [0.29, 0.717) is 5.92 Å². The molecule has 16 heavy (non-hydrogen) atoms. The summed E-state index contributed by atoms with van der Waals surface area (Å²) in [5.41, 5.74) is 1.20. The summed E-state index contributed by atoms with van der Waals surface area (Å²) in [6.45, 7) is 5.99. The summed E-state index contributed by atoms with van der Waals surface area (Å²) in [4.78, 5) is 8.87. The molecule has 86 valence electrons. The van der Waals surface area contributed by atoms with Gasteiger partial charge in [0.25, 0.3) is 0 Å². The average Bonchev–Trinajstić information content (AvgIpc) is 2.77. The first-order valence-electron chi connectivity index (χ1n) is 5.71. The number of rotatable bonds is 3. The van der Waals surface area contributed by atoms with Crippen LogP contribution in [0.5, 0.6) is 0 Å². The van der Waals surface area contributed by atoms with Crippen molar-refractivity contribution in [2.24, 2.45) is 5.92 Å². The average molecular weight is 217 g/mol. The Kier molecular flexibility index (Phi) is 3.13. The van der Waals surface area contributed by atoms with Gasteiger partial charge in [-0.3, -0.25) is 0 Å². The lowest BCUT2D eigenvalue weighted by Crippen LogP contribution is -2.21. The van der Waals surface area contributed by atoms with Crippen molar-refractivity contribution in [2.45, 2.75) is 6.42 Å². The second kappa shape index (κ2) is 4.56. The minimum absolute atomic E-state index is 0.616. The Morgan fingerprint density at radius 2 is 2.38 bits per heavy atom. The summed E-state index contributed by atoms with van der Waals surface area (Å²) in [6, 6.07) is 4.18. The maximum Gasteiger partial charge on any atom is 0.130 e. The summed E-state index contributed by atoms with van der Waals surface area (Å²) in [5, 5.41) is 0. The van der Waals surface area contributed by atoms with Crippen LogP contribution >= 0.6 is 0 Å². The molecule has 0 N–H and O–H groups in total. The summed E-state index contributed by atoms with van der Waals surface area (Å²) in [6.07, 6.45) is 5.12. The van der Waals surface area contributed by atoms with Crippen molar-refractivity contribution in [3.8, 4) is 0 Å². The molecule has 1 saturated heterocycles. The van der Waals surface area contributed by atoms with Crippen LogP contribution in [0.3, 0.4) is 0 Å². The smallest absolute Gasteiger partial charge is 0.130 e. The fourth-order valence-electron chi connectivity index (χ4n) is 2.05. The van der Waals surface area contributed by atoms with Crippen LogP contribution < -0.4 is 9.80 Å². The van der Waals surface area contributed by atoms with Gasteiger partial charge in [0, 0.05) is 45.1 Å². The van der Waals surface area contributed by atoms with Crippen LogP contribution in [0.4, 0.5) is 11.5 Å². The molecule has 0 aliphatic carbocycles. The summed E-state index contributed by atoms with van der Waals surface area (Å²) < 4.78 is 0. The molecule has 0 amide bonds. The van der Waals surface area contributed by atoms with Crippen molar-refractivity contribution in [3.05, 3.63) is 31.0 Å². The van der Waals surface area contributed by atoms with Crippen LogP contribution in [0.25, 0.3) is 0 Å². The van der Waals surface area contributed by atoms with E-state index >= 15 is 0 Å². The van der Waals surface area contributed by atoms with Gasteiger partial charge < -0.3 is 9.80 Å². The quantitative estimate of drug-likeness (QED) is 0.723. The van der Waals surface area contributed by atoms with Crippen molar-refractivity contribution in [3.63, 3.8) is 0 Å². The molecule has 0 spiro atoms. The first-order valence-corrected chi connectivity index (χ1v) is 5.71. The molecule has 1 atom stereocenters. The van der Waals surface area contributed by atoms with E-state index < -0.39 is 0 Å². The summed E-state index contributed by atoms with van der Waals surface area (Å²) in [7, 11) is 4.10. The van der Waals surface area contributed by atoms with E-state index in [0.717, 1.165) is 18.9 Å². The highest BCUT2D eigenvalue weighted by atomic mass is 15.2. The fraction of sp³-hybridized carbons (Fsp3) is 0.462. The zero-order valence-corrected chi connectivity index (χ0v) is 10.1. The van der Waals surface area contributed by atoms with Crippen molar-refractivity contribution in [1.82, 2.24) is 4.98 Å². The molecule has 1 aliphatic rings. The molecule has 1 aromatic rings. The van der Waals surface area contributed by atoms with Crippen LogP contribution in [0.2, 0.25) is 0 Å². The predicted octanol–water partition coefficient (Wildman–Crippen LogP) is 2.16. The molecule has 0 saturated carbocycles. The highest BCUT2D eigenvalue weighted by molar-refractivity contribution is 5.54. The highest BCUT2D eigenvalue weighted by Gasteiger charge is 2.21. The number of aromatic nitrogens is 1. The third-order valence-electron chi connectivity index (χ3n) is 3.13. The SMILES string of the molecule is C=C[C@H]1CCN(c2cc(N(C)C)ccn2)C1. The Balaban J connectivity index is 2.15. The van der Waals surface area contributed by atoms with Gasteiger partial charge in [-0.05, 0) is 18.4 Å². The Morgan fingerprint density at radius 1 is 1.56 bits per heavy atom. The van der Waals surface area contributed by atoms with E-state index in [1.807, 2.05) is 12.3 Å². The number of nitrogens with zero attached hydrogens (tertiary/aromatic N) is 3. The van der Waals surface area contributed by atoms with Gasteiger partial charge in [0.2, 0.25) is 0 Å². The number of pyridine rings is 1. The molecule has 1 aromatic heterocycles. The maximum absolute atomic E-state index is 4.44. The molecule has 2 heterocycles. The topological polar surface area (TPSA) is 19.4 Å². The van der Waals surface area contributed by atoms with Crippen molar-refractivity contribution in [1.29, 1.82) is 0 Å². The van der Waals surface area contributed by atoms with Crippen LogP contribution in [0.15, 0.2) is 31.0 Å². The number of hydrogen-bond acceptors (Lipinski definition) is 3. The van der Waals surface area contributed by atoms with Crippen LogP contribution in [0, 0.1) is 5.92 Å². The molecular formula is C13H19N3. The van der Waals surface area contributed by atoms with Gasteiger partial charge in [0.05, 0.1) is 0 Å². The number of hydrogen-bond donors (Lipinski definition) is 0. The normalized spacial score (nSPS) is 19.9. The minimum Gasteiger partial charge on any atom is -0.378 e. The van der Waals surface area contributed by atoms with Crippen LogP contribution in [0.1, 0.15) is 6.42 Å². The minimum atomic E-state index is 0.616. The summed E-state index contributed by atoms with van der Waals surface area (Å²) >= 11 is 0. The molecule has 3 heteroatoms. The molecule has 0 bridgehead atoms. The third kappa shape index (κ3) is 2.18. The van der Waals surface area contributed by atoms with E-state index in [-0.39, 0.29) is 0 Å². The second-order valence-corrected chi connectivity index (χ2v) is 4.50. The summed E-state index contributed by atoms with van der Waals surface area (Å²) in [5.74, 6) is 1.69. The van der Waals surface area contributed by atoms with Gasteiger partial charge >= 0.3 is 0 Å². The van der Waals surface area contributed by atoms with Gasteiger partial charge in [-0.1, -0.05) is 6.08 Å². The fourth-order valence-corrected chi connectivity index (χ4v) is 2.05. The van der Waals surface area contributed by atoms with E-state index in [4.69, 9.17) is 0 Å². The molecule has 0 aromatic carbocycles. The molecule has 1 fully saturated rings. The lowest BCUT2D eigenvalue weighted by atomic mass is 10.1. The monoisotopic (exact) mass is 217 g/mol. The lowest BCUT2D eigenvalue weighted by molar-refractivity contribution is 0.740. The Labute approximate surface area is 97.4 Å². The molecule has 0 unspecified atom stereocenters. The van der Waals surface area contributed by atoms with Crippen LogP contribution in [-0.4, -0.2) is 32.2 Å². The molecular weight excluding hydrogens is 198 g/mol. The Bertz CT molecular complexity index is 373. The van der Waals surface area contributed by atoms with Crippen LogP contribution in [-0.2, 0) is 0 Å². The van der Waals surface area contributed by atoms with Gasteiger partial charge in [-0.25, -0.2) is 4.98 Å². The lowest BCUT2D eigenvalue weighted by Gasteiger charge is -2.19. The van der Waals surface area contributed by atoms with E-state index in [1.165, 1.54) is 12.1 Å². The first-order chi connectivity index (χ1) is 7.70. The molecule has 2 rings (SSSR count). The highest BCUT2D eigenvalue weighted by Crippen LogP contribution is 2.25. The van der Waals surface area contributed by atoms with Gasteiger partial charge in [-0.15, -0.1) is 6.58 Å². The van der Waals surface area contributed by atoms with Crippen molar-refractivity contribution < 1.29 is 0 Å². The van der Waals surface area contributed by atoms with Gasteiger partial charge in [0.15, 0.2) is 0 Å². The molecule has 3 nitrogen and oxygen atoms in total. The zero-order chi connectivity index (χ0) is 11.5. The van der Waals surface area contributed by atoms with Gasteiger partial charge in [0.1, 0.15) is 5.82 Å². The van der Waals surface area contributed by atoms with E-state index in [1.54, 1.807) is 0 Å². The Morgan fingerprint density at radius 3 is 3.00 bits per heavy atom. The molecule has 0 radical (unpaired) electrons. The zero-order valence-electron chi connectivity index (χ0n) is 10.1. The van der Waals surface area contributed by atoms with E-state index in [2.05, 4.69) is 47.6 Å². The van der Waals surface area contributed by atoms with E-state index in [9.17, 15) is 0 Å². The molecule has 1 aliphatic heterocycles. The van der Waals surface area contributed by atoms with Gasteiger partial charge in [-0.2, -0.15) is 0 Å².